The highest BCUT2D eigenvalue weighted by Crippen LogP contribution is 2.28. The summed E-state index contributed by atoms with van der Waals surface area (Å²) >= 11 is 0. The van der Waals surface area contributed by atoms with Gasteiger partial charge in [0.1, 0.15) is 5.58 Å². The van der Waals surface area contributed by atoms with Gasteiger partial charge in [0.15, 0.2) is 5.76 Å². The first kappa shape index (κ1) is 15.9. The Hall–Kier alpha value is -1.52. The van der Waals surface area contributed by atoms with Crippen LogP contribution in [0.5, 0.6) is 0 Å². The van der Waals surface area contributed by atoms with Crippen LogP contribution >= 0.6 is 12.4 Å². The van der Waals surface area contributed by atoms with Gasteiger partial charge in [-0.05, 0) is 32.4 Å². The highest BCUT2D eigenvalue weighted by molar-refractivity contribution is 5.99. The van der Waals surface area contributed by atoms with E-state index in [0.717, 1.165) is 54.7 Å². The van der Waals surface area contributed by atoms with E-state index >= 15 is 0 Å². The Morgan fingerprint density at radius 2 is 2.05 bits per heavy atom. The van der Waals surface area contributed by atoms with E-state index in [2.05, 4.69) is 5.32 Å². The molecule has 0 unspecified atom stereocenters. The Labute approximate surface area is 130 Å². The van der Waals surface area contributed by atoms with Crippen molar-refractivity contribution in [2.24, 2.45) is 0 Å². The van der Waals surface area contributed by atoms with Crippen molar-refractivity contribution in [3.63, 3.8) is 0 Å². The third kappa shape index (κ3) is 2.92. The van der Waals surface area contributed by atoms with Crippen LogP contribution in [-0.2, 0) is 0 Å². The standard InChI is InChI=1S/C16H20N2O2.ClH/c1-11-5-3-6-13-12(2)15(20-14(11)13)16(19)18-9-4-7-17-8-10-18;/h3,5-6,17H,4,7-10H2,1-2H3;1H. The molecule has 2 aromatic rings. The number of hydrogen-bond acceptors (Lipinski definition) is 3. The van der Waals surface area contributed by atoms with Crippen molar-refractivity contribution in [1.82, 2.24) is 10.2 Å². The van der Waals surface area contributed by atoms with Crippen molar-refractivity contribution in [2.45, 2.75) is 20.3 Å². The second-order valence-electron chi connectivity index (χ2n) is 5.40. The normalized spacial score (nSPS) is 15.6. The van der Waals surface area contributed by atoms with E-state index in [1.54, 1.807) is 0 Å². The van der Waals surface area contributed by atoms with Gasteiger partial charge in [-0.15, -0.1) is 12.4 Å². The Morgan fingerprint density at radius 1 is 1.24 bits per heavy atom. The summed E-state index contributed by atoms with van der Waals surface area (Å²) in [7, 11) is 0. The second kappa shape index (κ2) is 6.50. The summed E-state index contributed by atoms with van der Waals surface area (Å²) in [6.07, 6.45) is 0.990. The monoisotopic (exact) mass is 308 g/mol. The molecule has 0 spiro atoms. The molecular formula is C16H21ClN2O2. The minimum absolute atomic E-state index is 0. The van der Waals surface area contributed by atoms with Crippen molar-refractivity contribution in [1.29, 1.82) is 0 Å². The number of benzene rings is 1. The van der Waals surface area contributed by atoms with Crippen molar-refractivity contribution in [3.8, 4) is 0 Å². The molecule has 1 amide bonds. The highest BCUT2D eigenvalue weighted by atomic mass is 35.5. The molecule has 1 saturated heterocycles. The molecule has 0 aliphatic carbocycles. The number of amides is 1. The van der Waals surface area contributed by atoms with Crippen LogP contribution in [0.3, 0.4) is 0 Å². The number of nitrogens with zero attached hydrogens (tertiary/aromatic N) is 1. The molecule has 3 rings (SSSR count). The number of carbonyl (C=O) groups excluding carboxylic acids is 1. The van der Waals surface area contributed by atoms with E-state index in [1.807, 2.05) is 36.9 Å². The van der Waals surface area contributed by atoms with E-state index in [1.165, 1.54) is 0 Å². The maximum absolute atomic E-state index is 12.7. The number of halogens is 1. The number of para-hydroxylation sites is 1. The van der Waals surface area contributed by atoms with Crippen molar-refractivity contribution >= 4 is 29.3 Å². The van der Waals surface area contributed by atoms with Crippen LogP contribution < -0.4 is 5.32 Å². The van der Waals surface area contributed by atoms with Crippen LogP contribution in [0.1, 0.15) is 28.1 Å². The zero-order valence-electron chi connectivity index (χ0n) is 12.4. The lowest BCUT2D eigenvalue weighted by molar-refractivity contribution is 0.0736. The molecule has 2 heterocycles. The van der Waals surface area contributed by atoms with Crippen LogP contribution in [-0.4, -0.2) is 37.0 Å². The fourth-order valence-electron chi connectivity index (χ4n) is 2.78. The molecule has 0 bridgehead atoms. The van der Waals surface area contributed by atoms with E-state index in [4.69, 9.17) is 4.42 Å². The molecule has 0 radical (unpaired) electrons. The Balaban J connectivity index is 0.00000161. The molecule has 4 nitrogen and oxygen atoms in total. The lowest BCUT2D eigenvalue weighted by atomic mass is 10.1. The summed E-state index contributed by atoms with van der Waals surface area (Å²) in [6, 6.07) is 6.03. The fourth-order valence-corrected chi connectivity index (χ4v) is 2.78. The van der Waals surface area contributed by atoms with Gasteiger partial charge in [-0.2, -0.15) is 0 Å². The summed E-state index contributed by atoms with van der Waals surface area (Å²) in [5.74, 6) is 0.512. The van der Waals surface area contributed by atoms with Gasteiger partial charge in [0.05, 0.1) is 0 Å². The molecule has 1 N–H and O–H groups in total. The van der Waals surface area contributed by atoms with Gasteiger partial charge < -0.3 is 14.6 Å². The first-order valence-corrected chi connectivity index (χ1v) is 7.17. The lowest BCUT2D eigenvalue weighted by Gasteiger charge is -2.18. The largest absolute Gasteiger partial charge is 0.450 e. The van der Waals surface area contributed by atoms with E-state index in [-0.39, 0.29) is 18.3 Å². The second-order valence-corrected chi connectivity index (χ2v) is 5.40. The average molecular weight is 309 g/mol. The van der Waals surface area contributed by atoms with Crippen LogP contribution in [0.15, 0.2) is 22.6 Å². The summed E-state index contributed by atoms with van der Waals surface area (Å²) in [6.45, 7) is 7.34. The number of rotatable bonds is 1. The maximum atomic E-state index is 12.7. The molecule has 1 aromatic carbocycles. The van der Waals surface area contributed by atoms with Gasteiger partial charge in [0.2, 0.25) is 0 Å². The van der Waals surface area contributed by atoms with Crippen LogP contribution in [0.2, 0.25) is 0 Å². The summed E-state index contributed by atoms with van der Waals surface area (Å²) in [4.78, 5) is 14.5. The van der Waals surface area contributed by atoms with Gasteiger partial charge >= 0.3 is 0 Å². The smallest absolute Gasteiger partial charge is 0.289 e. The SMILES string of the molecule is Cc1c(C(=O)N2CCCNCC2)oc2c(C)cccc12.Cl. The fraction of sp³-hybridized carbons (Fsp3) is 0.438. The number of aryl methyl sites for hydroxylation is 2. The molecule has 1 fully saturated rings. The third-order valence-electron chi connectivity index (χ3n) is 3.98. The Bertz CT molecular complexity index is 643. The Kier molecular flexibility index (Phi) is 4.91. The molecule has 1 aliphatic heterocycles. The minimum Gasteiger partial charge on any atom is -0.450 e. The Morgan fingerprint density at radius 3 is 2.81 bits per heavy atom. The van der Waals surface area contributed by atoms with Crippen LogP contribution in [0.4, 0.5) is 0 Å². The highest BCUT2D eigenvalue weighted by Gasteiger charge is 2.24. The van der Waals surface area contributed by atoms with E-state index < -0.39 is 0 Å². The predicted octanol–water partition coefficient (Wildman–Crippen LogP) is 2.91. The minimum atomic E-state index is 0. The van der Waals surface area contributed by atoms with E-state index in [0.29, 0.717) is 5.76 Å². The molecule has 0 atom stereocenters. The number of hydrogen-bond donors (Lipinski definition) is 1. The third-order valence-corrected chi connectivity index (χ3v) is 3.98. The number of carbonyl (C=O) groups is 1. The van der Waals surface area contributed by atoms with Gasteiger partial charge in [-0.1, -0.05) is 18.2 Å². The van der Waals surface area contributed by atoms with Crippen molar-refractivity contribution in [2.75, 3.05) is 26.2 Å². The predicted molar refractivity (Wildman–Crippen MR) is 86.3 cm³/mol. The molecule has 114 valence electrons. The summed E-state index contributed by atoms with van der Waals surface area (Å²) in [5, 5.41) is 4.35. The lowest BCUT2D eigenvalue weighted by Crippen LogP contribution is -2.34. The maximum Gasteiger partial charge on any atom is 0.289 e. The summed E-state index contributed by atoms with van der Waals surface area (Å²) in [5.41, 5.74) is 2.86. The average Bonchev–Trinajstić information content (AvgIpc) is 2.66. The topological polar surface area (TPSA) is 45.5 Å². The zero-order valence-corrected chi connectivity index (χ0v) is 13.3. The van der Waals surface area contributed by atoms with Gasteiger partial charge in [0, 0.05) is 30.6 Å². The van der Waals surface area contributed by atoms with Gasteiger partial charge in [0.25, 0.3) is 5.91 Å². The van der Waals surface area contributed by atoms with Gasteiger partial charge in [-0.3, -0.25) is 4.79 Å². The first-order valence-electron chi connectivity index (χ1n) is 7.17. The quantitative estimate of drug-likeness (QED) is 0.881. The number of nitrogens with one attached hydrogen (secondary N) is 1. The number of fused-ring (bicyclic) bond motifs is 1. The van der Waals surface area contributed by atoms with Crippen LogP contribution in [0, 0.1) is 13.8 Å². The van der Waals surface area contributed by atoms with E-state index in [9.17, 15) is 4.79 Å². The van der Waals surface area contributed by atoms with Crippen molar-refractivity contribution < 1.29 is 9.21 Å². The first-order chi connectivity index (χ1) is 9.68. The molecular weight excluding hydrogens is 288 g/mol. The molecule has 21 heavy (non-hydrogen) atoms. The van der Waals surface area contributed by atoms with Crippen LogP contribution in [0.25, 0.3) is 11.0 Å². The molecule has 0 saturated carbocycles. The molecule has 5 heteroatoms. The molecule has 1 aliphatic rings. The van der Waals surface area contributed by atoms with Gasteiger partial charge in [-0.25, -0.2) is 0 Å². The van der Waals surface area contributed by atoms with Crippen molar-refractivity contribution in [3.05, 3.63) is 35.1 Å². The number of furan rings is 1. The summed E-state index contributed by atoms with van der Waals surface area (Å²) < 4.78 is 5.87. The zero-order chi connectivity index (χ0) is 14.1. The molecule has 1 aromatic heterocycles.